The van der Waals surface area contributed by atoms with Crippen LogP contribution in [0.2, 0.25) is 0 Å². The zero-order valence-electron chi connectivity index (χ0n) is 17.7. The third-order valence-corrected chi connectivity index (χ3v) is 5.29. The van der Waals surface area contributed by atoms with Gasteiger partial charge in [-0.3, -0.25) is 14.8 Å². The summed E-state index contributed by atoms with van der Waals surface area (Å²) < 4.78 is 61.8. The van der Waals surface area contributed by atoms with Crippen molar-refractivity contribution in [3.05, 3.63) is 83.2 Å². The molecule has 2 aromatic heterocycles. The highest BCUT2D eigenvalue weighted by Gasteiger charge is 2.43. The van der Waals surface area contributed by atoms with Gasteiger partial charge in [0.05, 0.1) is 6.61 Å². The quantitative estimate of drug-likeness (QED) is 0.164. The van der Waals surface area contributed by atoms with Crippen molar-refractivity contribution < 1.29 is 37.0 Å². The molecular formula is C22H17F4N5O4. The van der Waals surface area contributed by atoms with Gasteiger partial charge in [-0.25, -0.2) is 4.39 Å². The van der Waals surface area contributed by atoms with Crippen LogP contribution in [0.25, 0.3) is 0 Å². The Labute approximate surface area is 195 Å². The Morgan fingerprint density at radius 1 is 1.23 bits per heavy atom. The fraction of sp³-hybridized carbons (Fsp3) is 0.182. The summed E-state index contributed by atoms with van der Waals surface area (Å²) >= 11 is 0. The van der Waals surface area contributed by atoms with Crippen LogP contribution < -0.4 is 20.5 Å². The molecule has 4 N–H and O–H groups in total. The first-order chi connectivity index (χ1) is 16.6. The molecule has 4 rings (SSSR count). The number of oxime groups is 1. The highest BCUT2D eigenvalue weighted by Crippen LogP contribution is 2.42. The summed E-state index contributed by atoms with van der Waals surface area (Å²) in [5, 5.41) is 14.4. The number of benzene rings is 1. The van der Waals surface area contributed by atoms with E-state index in [1.807, 2.05) is 0 Å². The second-order valence-corrected chi connectivity index (χ2v) is 7.42. The fourth-order valence-corrected chi connectivity index (χ4v) is 3.70. The van der Waals surface area contributed by atoms with Crippen molar-refractivity contribution in [1.82, 2.24) is 15.3 Å². The monoisotopic (exact) mass is 491 g/mol. The number of halogens is 4. The number of alkyl halides is 3. The molecule has 1 unspecified atom stereocenters. The number of rotatable bonds is 5. The topological polar surface area (TPSA) is 132 Å². The van der Waals surface area contributed by atoms with Gasteiger partial charge in [0.1, 0.15) is 22.7 Å². The number of nitrogens with one attached hydrogen (secondary N) is 1. The molecule has 1 aromatic carbocycles. The Morgan fingerprint density at radius 3 is 2.69 bits per heavy atom. The van der Waals surface area contributed by atoms with Crippen LogP contribution in [0.15, 0.2) is 60.0 Å². The fourth-order valence-electron chi connectivity index (χ4n) is 3.70. The van der Waals surface area contributed by atoms with Crippen LogP contribution in [-0.4, -0.2) is 39.9 Å². The van der Waals surface area contributed by atoms with Gasteiger partial charge in [0.25, 0.3) is 5.91 Å². The molecule has 9 nitrogen and oxygen atoms in total. The normalized spacial score (nSPS) is 17.8. The lowest BCUT2D eigenvalue weighted by Gasteiger charge is -2.39. The van der Waals surface area contributed by atoms with Gasteiger partial charge >= 0.3 is 6.36 Å². The Kier molecular flexibility index (Phi) is 6.16. The van der Waals surface area contributed by atoms with Crippen molar-refractivity contribution in [2.45, 2.75) is 18.3 Å². The second-order valence-electron chi connectivity index (χ2n) is 7.42. The van der Waals surface area contributed by atoms with Gasteiger partial charge in [0.2, 0.25) is 0 Å². The smallest absolute Gasteiger partial charge is 0.491 e. The standard InChI is InChI=1S/C22H17F4N5O4/c23-14-10-13(4-6-16(14)35-22(24,25)26)21(7-9-34-17-2-1-8-28-18(17)21)30-20(32)15-5-3-12(11-29-15)19(27)31-33/h1-6,8,10-11,33H,7,9H2,(H2,27,31)(H,30,32). The number of fused-ring (bicyclic) bond motifs is 1. The number of carbonyl (C=O) groups excluding carboxylic acids is 1. The van der Waals surface area contributed by atoms with E-state index in [2.05, 4.69) is 25.2 Å². The third-order valence-electron chi connectivity index (χ3n) is 5.29. The predicted molar refractivity (Wildman–Crippen MR) is 112 cm³/mol. The van der Waals surface area contributed by atoms with Crippen molar-refractivity contribution in [3.8, 4) is 11.5 Å². The molecule has 3 aromatic rings. The van der Waals surface area contributed by atoms with Gasteiger partial charge in [-0.1, -0.05) is 11.2 Å². The number of hydrogen-bond acceptors (Lipinski definition) is 7. The van der Waals surface area contributed by atoms with Crippen molar-refractivity contribution in [2.24, 2.45) is 10.9 Å². The van der Waals surface area contributed by atoms with Gasteiger partial charge in [-0.15, -0.1) is 13.2 Å². The minimum Gasteiger partial charge on any atom is -0.491 e. The molecule has 0 aliphatic carbocycles. The van der Waals surface area contributed by atoms with E-state index in [0.29, 0.717) is 5.75 Å². The summed E-state index contributed by atoms with van der Waals surface area (Å²) in [5.41, 5.74) is 4.60. The molecule has 0 saturated heterocycles. The second kappa shape index (κ2) is 9.08. The van der Waals surface area contributed by atoms with Crippen LogP contribution in [0.4, 0.5) is 17.6 Å². The van der Waals surface area contributed by atoms with Gasteiger partial charge in [-0.2, -0.15) is 0 Å². The number of nitrogens with two attached hydrogens (primary N) is 1. The highest BCUT2D eigenvalue weighted by atomic mass is 19.4. The number of carbonyl (C=O) groups is 1. The predicted octanol–water partition coefficient (Wildman–Crippen LogP) is 3.06. The van der Waals surface area contributed by atoms with Crippen LogP contribution in [0, 0.1) is 5.82 Å². The van der Waals surface area contributed by atoms with E-state index in [9.17, 15) is 22.4 Å². The summed E-state index contributed by atoms with van der Waals surface area (Å²) in [6.45, 7) is 0.0945. The van der Waals surface area contributed by atoms with Crippen LogP contribution in [0.1, 0.15) is 33.7 Å². The maximum Gasteiger partial charge on any atom is 0.573 e. The van der Waals surface area contributed by atoms with Gasteiger partial charge in [0, 0.05) is 24.4 Å². The molecule has 1 aliphatic rings. The number of hydrogen-bond donors (Lipinski definition) is 3. The molecule has 35 heavy (non-hydrogen) atoms. The Hall–Kier alpha value is -4.42. The molecule has 0 radical (unpaired) electrons. The van der Waals surface area contributed by atoms with E-state index < -0.39 is 29.4 Å². The number of nitrogens with zero attached hydrogens (tertiary/aromatic N) is 3. The van der Waals surface area contributed by atoms with Gasteiger partial charge < -0.3 is 25.7 Å². The van der Waals surface area contributed by atoms with Crippen LogP contribution in [0.3, 0.4) is 0 Å². The first-order valence-electron chi connectivity index (χ1n) is 10.0. The minimum absolute atomic E-state index is 0.0552. The molecule has 0 fully saturated rings. The number of aromatic nitrogens is 2. The van der Waals surface area contributed by atoms with E-state index in [1.165, 1.54) is 30.6 Å². The Morgan fingerprint density at radius 2 is 2.03 bits per heavy atom. The summed E-state index contributed by atoms with van der Waals surface area (Å²) in [5.74, 6) is -2.88. The Bertz CT molecular complexity index is 1280. The zero-order valence-corrected chi connectivity index (χ0v) is 17.7. The number of amides is 1. The van der Waals surface area contributed by atoms with Crippen molar-refractivity contribution in [2.75, 3.05) is 6.61 Å². The first-order valence-corrected chi connectivity index (χ1v) is 10.0. The van der Waals surface area contributed by atoms with Crippen LogP contribution in [0.5, 0.6) is 11.5 Å². The van der Waals surface area contributed by atoms with Crippen LogP contribution in [-0.2, 0) is 5.54 Å². The lowest BCUT2D eigenvalue weighted by Crippen LogP contribution is -2.50. The van der Waals surface area contributed by atoms with Gasteiger partial charge in [-0.05, 0) is 42.0 Å². The van der Waals surface area contributed by atoms with Crippen molar-refractivity contribution in [1.29, 1.82) is 0 Å². The Balaban J connectivity index is 1.76. The summed E-state index contributed by atoms with van der Waals surface area (Å²) in [6.07, 6.45) is -2.33. The molecule has 1 amide bonds. The molecule has 0 spiro atoms. The average Bonchev–Trinajstić information content (AvgIpc) is 2.84. The molecule has 0 bridgehead atoms. The van der Waals surface area contributed by atoms with Gasteiger partial charge in [0.15, 0.2) is 17.4 Å². The maximum atomic E-state index is 14.7. The summed E-state index contributed by atoms with van der Waals surface area (Å²) in [4.78, 5) is 21.5. The lowest BCUT2D eigenvalue weighted by atomic mass is 9.81. The van der Waals surface area contributed by atoms with E-state index in [-0.39, 0.29) is 41.4 Å². The molecule has 182 valence electrons. The molecule has 3 heterocycles. The summed E-state index contributed by atoms with van der Waals surface area (Å²) in [7, 11) is 0. The molecule has 0 saturated carbocycles. The van der Waals surface area contributed by atoms with Crippen molar-refractivity contribution >= 4 is 11.7 Å². The van der Waals surface area contributed by atoms with E-state index in [4.69, 9.17) is 15.7 Å². The number of amidine groups is 1. The largest absolute Gasteiger partial charge is 0.573 e. The SMILES string of the molecule is N/C(=N\O)c1ccc(C(=O)NC2(c3ccc(OC(F)(F)F)c(F)c3)CCOc3cccnc32)nc1. The maximum absolute atomic E-state index is 14.7. The summed E-state index contributed by atoms with van der Waals surface area (Å²) in [6, 6.07) is 8.82. The number of pyridine rings is 2. The van der Waals surface area contributed by atoms with E-state index >= 15 is 0 Å². The van der Waals surface area contributed by atoms with E-state index in [0.717, 1.165) is 12.1 Å². The van der Waals surface area contributed by atoms with Crippen LogP contribution >= 0.6 is 0 Å². The number of ether oxygens (including phenoxy) is 2. The zero-order chi connectivity index (χ0) is 25.2. The molecule has 1 aliphatic heterocycles. The lowest BCUT2D eigenvalue weighted by molar-refractivity contribution is -0.275. The van der Waals surface area contributed by atoms with E-state index in [1.54, 1.807) is 12.1 Å². The minimum atomic E-state index is -5.08. The van der Waals surface area contributed by atoms with Crippen molar-refractivity contribution in [3.63, 3.8) is 0 Å². The average molecular weight is 491 g/mol. The third kappa shape index (κ3) is 4.78. The molecular weight excluding hydrogens is 474 g/mol. The molecule has 1 atom stereocenters. The molecule has 13 heteroatoms. The first kappa shape index (κ1) is 23.7. The highest BCUT2D eigenvalue weighted by molar-refractivity contribution is 5.98.